The van der Waals surface area contributed by atoms with Crippen molar-refractivity contribution in [1.29, 1.82) is 0 Å². The van der Waals surface area contributed by atoms with Gasteiger partial charge in [0.1, 0.15) is 24.3 Å². The van der Waals surface area contributed by atoms with Crippen LogP contribution in [0.25, 0.3) is 10.9 Å². The summed E-state index contributed by atoms with van der Waals surface area (Å²) in [5, 5.41) is 29.7. The van der Waals surface area contributed by atoms with E-state index in [9.17, 15) is 33.8 Å². The lowest BCUT2D eigenvalue weighted by molar-refractivity contribution is -0.140. The lowest BCUT2D eigenvalue weighted by Gasteiger charge is -2.24. The molecule has 0 saturated heterocycles. The molecule has 0 aliphatic heterocycles. The number of benzene rings is 2. The largest absolute Gasteiger partial charge is 0.481 e. The summed E-state index contributed by atoms with van der Waals surface area (Å²) < 4.78 is 15.0. The van der Waals surface area contributed by atoms with Crippen LogP contribution < -0.4 is 15.8 Å². The van der Waals surface area contributed by atoms with Gasteiger partial charge in [-0.15, -0.1) is 6.42 Å². The molecule has 38 heavy (non-hydrogen) atoms. The van der Waals surface area contributed by atoms with E-state index in [0.29, 0.717) is 22.2 Å². The number of carbonyl (C=O) groups is 3. The molecule has 11 nitrogen and oxygen atoms in total. The van der Waals surface area contributed by atoms with Gasteiger partial charge in [0.05, 0.1) is 23.0 Å². The molecule has 5 N–H and O–H groups in total. The lowest BCUT2D eigenvalue weighted by Crippen LogP contribution is -2.41. The number of halogens is 1. The Morgan fingerprint density at radius 1 is 1.24 bits per heavy atom. The molecule has 0 saturated carbocycles. The fourth-order valence-corrected chi connectivity index (χ4v) is 3.83. The second kappa shape index (κ2) is 12.0. The highest BCUT2D eigenvalue weighted by molar-refractivity contribution is 5.97. The number of carboxylic acid groups (broad SMARTS) is 2. The first-order chi connectivity index (χ1) is 18.0. The Bertz CT molecular complexity index is 1500. The summed E-state index contributed by atoms with van der Waals surface area (Å²) in [6.07, 6.45) is 4.67. The number of carboxylic acids is 2. The van der Waals surface area contributed by atoms with E-state index >= 15 is 0 Å². The van der Waals surface area contributed by atoms with Crippen molar-refractivity contribution < 1.29 is 34.1 Å². The number of hydrogen-bond acceptors (Lipinski definition) is 7. The minimum Gasteiger partial charge on any atom is -0.481 e. The van der Waals surface area contributed by atoms with E-state index in [4.69, 9.17) is 11.5 Å². The van der Waals surface area contributed by atoms with Crippen LogP contribution in [0.5, 0.6) is 0 Å². The Balaban J connectivity index is 1.87. The molecule has 1 atom stereocenters. The van der Waals surface area contributed by atoms with Crippen LogP contribution in [0.1, 0.15) is 40.2 Å². The first kappa shape index (κ1) is 27.8. The Hall–Kier alpha value is -4.76. The monoisotopic (exact) mass is 524 g/mol. The van der Waals surface area contributed by atoms with Crippen LogP contribution in [0, 0.1) is 25.1 Å². The van der Waals surface area contributed by atoms with Gasteiger partial charge >= 0.3 is 11.9 Å². The zero-order valence-electron chi connectivity index (χ0n) is 20.3. The molecule has 0 aliphatic rings. The highest BCUT2D eigenvalue weighted by Gasteiger charge is 2.24. The predicted octanol–water partition coefficient (Wildman–Crippen LogP) is 1.55. The van der Waals surface area contributed by atoms with Crippen molar-refractivity contribution in [3.05, 3.63) is 69.0 Å². The van der Waals surface area contributed by atoms with Gasteiger partial charge in [0.15, 0.2) is 0 Å². The van der Waals surface area contributed by atoms with Crippen LogP contribution in [0.4, 0.5) is 10.1 Å². The van der Waals surface area contributed by atoms with E-state index in [0.717, 1.165) is 11.6 Å². The van der Waals surface area contributed by atoms with Crippen LogP contribution in [-0.2, 0) is 22.7 Å². The maximum atomic E-state index is 15.0. The number of fused-ring (bicyclic) bond motifs is 1. The molecule has 2 aromatic carbocycles. The normalized spacial score (nSPS) is 11.5. The zero-order chi connectivity index (χ0) is 28.0. The fraction of sp³-hybridized carbons (Fsp3) is 0.269. The number of H-pyrrole nitrogens is 1. The molecular weight excluding hydrogens is 499 g/mol. The third-order valence-corrected chi connectivity index (χ3v) is 5.82. The van der Waals surface area contributed by atoms with Crippen LogP contribution >= 0.6 is 0 Å². The van der Waals surface area contributed by atoms with Gasteiger partial charge in [0, 0.05) is 18.7 Å². The number of carbonyl (C=O) groups excluding carboxylic acids is 1. The third-order valence-electron chi connectivity index (χ3n) is 5.82. The van der Waals surface area contributed by atoms with Crippen molar-refractivity contribution in [2.24, 2.45) is 0 Å². The Labute approximate surface area is 215 Å². The molecule has 0 aliphatic carbocycles. The summed E-state index contributed by atoms with van der Waals surface area (Å²) in [5.41, 5.74) is 1.39. The standard InChI is InChI=1S/C26H25FN4O7/c1-3-8-31(12-15-10-18-21(9-14(15)2)28-22(13-32)30-25(18)36)16-4-5-17(19(27)11-16)24(35)29-20(26(37)38)6-7-23(33)34/h1,4-5,9-11,20,32H,6-8,12-13H2,2H3,(H,29,35)(H,33,34)(H,37,38)(H,28,30,36)/t20-/m0/s1. The Morgan fingerprint density at radius 2 is 1.97 bits per heavy atom. The summed E-state index contributed by atoms with van der Waals surface area (Å²) in [6, 6.07) is 5.54. The molecule has 0 bridgehead atoms. The lowest BCUT2D eigenvalue weighted by atomic mass is 10.0. The van der Waals surface area contributed by atoms with Gasteiger partial charge in [-0.25, -0.2) is 14.2 Å². The molecule has 0 fully saturated rings. The predicted molar refractivity (Wildman–Crippen MR) is 135 cm³/mol. The second-order valence-electron chi connectivity index (χ2n) is 8.49. The van der Waals surface area contributed by atoms with Crippen molar-refractivity contribution >= 4 is 34.4 Å². The van der Waals surface area contributed by atoms with Crippen LogP contribution in [-0.4, -0.2) is 55.7 Å². The van der Waals surface area contributed by atoms with E-state index in [-0.39, 0.29) is 25.3 Å². The molecule has 1 aromatic heterocycles. The molecule has 12 heteroatoms. The molecule has 198 valence electrons. The highest BCUT2D eigenvalue weighted by atomic mass is 19.1. The van der Waals surface area contributed by atoms with Crippen molar-refractivity contribution in [2.45, 2.75) is 39.0 Å². The number of nitrogens with zero attached hydrogens (tertiary/aromatic N) is 2. The number of hydrogen-bond donors (Lipinski definition) is 5. The van der Waals surface area contributed by atoms with E-state index in [1.165, 1.54) is 12.1 Å². The molecule has 1 heterocycles. The van der Waals surface area contributed by atoms with Crippen molar-refractivity contribution in [3.8, 4) is 12.3 Å². The number of rotatable bonds is 11. The van der Waals surface area contributed by atoms with Gasteiger partial charge < -0.3 is 30.5 Å². The number of nitrogens with one attached hydrogen (secondary N) is 2. The van der Waals surface area contributed by atoms with E-state index in [1.54, 1.807) is 17.0 Å². The number of terminal acetylenes is 1. The number of aliphatic hydroxyl groups is 1. The minimum atomic E-state index is -1.50. The van der Waals surface area contributed by atoms with E-state index in [1.807, 2.05) is 6.92 Å². The van der Waals surface area contributed by atoms with Gasteiger partial charge in [-0.1, -0.05) is 5.92 Å². The van der Waals surface area contributed by atoms with Gasteiger partial charge in [0.2, 0.25) is 0 Å². The average Bonchev–Trinajstić information content (AvgIpc) is 2.86. The Morgan fingerprint density at radius 3 is 2.58 bits per heavy atom. The third kappa shape index (κ3) is 6.51. The molecule has 3 aromatic rings. The molecule has 0 radical (unpaired) electrons. The zero-order valence-corrected chi connectivity index (χ0v) is 20.3. The van der Waals surface area contributed by atoms with Crippen LogP contribution in [0.2, 0.25) is 0 Å². The number of aromatic nitrogens is 2. The SMILES string of the molecule is C#CCN(Cc1cc2c(=O)[nH]c(CO)nc2cc1C)c1ccc(C(=O)N[C@@H](CCC(=O)O)C(=O)O)c(F)c1. The number of aliphatic hydroxyl groups excluding tert-OH is 1. The molecule has 0 spiro atoms. The van der Waals surface area contributed by atoms with Crippen LogP contribution in [0.15, 0.2) is 35.1 Å². The fourth-order valence-electron chi connectivity index (χ4n) is 3.83. The van der Waals surface area contributed by atoms with Gasteiger partial charge in [-0.2, -0.15) is 0 Å². The van der Waals surface area contributed by atoms with Crippen molar-refractivity contribution in [2.75, 3.05) is 11.4 Å². The first-order valence-electron chi connectivity index (χ1n) is 11.4. The molecule has 1 amide bonds. The quantitative estimate of drug-likeness (QED) is 0.233. The van der Waals surface area contributed by atoms with Crippen molar-refractivity contribution in [1.82, 2.24) is 15.3 Å². The minimum absolute atomic E-state index is 0.0663. The topological polar surface area (TPSA) is 173 Å². The first-order valence-corrected chi connectivity index (χ1v) is 11.4. The number of amides is 1. The molecule has 3 rings (SSSR count). The van der Waals surface area contributed by atoms with Gasteiger partial charge in [-0.3, -0.25) is 14.4 Å². The second-order valence-corrected chi connectivity index (χ2v) is 8.49. The van der Waals surface area contributed by atoms with E-state index in [2.05, 4.69) is 21.2 Å². The number of aliphatic carboxylic acids is 2. The summed E-state index contributed by atoms with van der Waals surface area (Å²) in [7, 11) is 0. The van der Waals surface area contributed by atoms with Gasteiger partial charge in [-0.05, 0) is 54.8 Å². The summed E-state index contributed by atoms with van der Waals surface area (Å²) in [4.78, 5) is 55.4. The summed E-state index contributed by atoms with van der Waals surface area (Å²) in [5.74, 6) is -1.98. The highest BCUT2D eigenvalue weighted by Crippen LogP contribution is 2.24. The van der Waals surface area contributed by atoms with Crippen molar-refractivity contribution in [3.63, 3.8) is 0 Å². The van der Waals surface area contributed by atoms with Crippen LogP contribution in [0.3, 0.4) is 0 Å². The smallest absolute Gasteiger partial charge is 0.326 e. The maximum absolute atomic E-state index is 15.0. The summed E-state index contributed by atoms with van der Waals surface area (Å²) in [6.45, 7) is 1.65. The summed E-state index contributed by atoms with van der Waals surface area (Å²) >= 11 is 0. The molecule has 0 unspecified atom stereocenters. The Kier molecular flexibility index (Phi) is 8.77. The number of aromatic amines is 1. The number of anilines is 1. The number of aryl methyl sites for hydroxylation is 1. The molecular formula is C26H25FN4O7. The average molecular weight is 525 g/mol. The van der Waals surface area contributed by atoms with Gasteiger partial charge in [0.25, 0.3) is 11.5 Å². The van der Waals surface area contributed by atoms with E-state index < -0.39 is 53.9 Å². The maximum Gasteiger partial charge on any atom is 0.326 e.